The Hall–Kier alpha value is -1.75. The number of fused-ring (bicyclic) bond motifs is 1. The summed E-state index contributed by atoms with van der Waals surface area (Å²) in [4.78, 5) is 13.9. The highest BCUT2D eigenvalue weighted by Gasteiger charge is 2.27. The van der Waals surface area contributed by atoms with Crippen LogP contribution in [0.25, 0.3) is 0 Å². The van der Waals surface area contributed by atoms with Crippen molar-refractivity contribution in [1.82, 2.24) is 0 Å². The van der Waals surface area contributed by atoms with Gasteiger partial charge in [0, 0.05) is 31.3 Å². The number of nitrogens with one attached hydrogen (secondary N) is 1. The van der Waals surface area contributed by atoms with E-state index in [0.717, 1.165) is 61.3 Å². The molecule has 0 radical (unpaired) electrons. The fourth-order valence-electron chi connectivity index (χ4n) is 3.46. The summed E-state index contributed by atoms with van der Waals surface area (Å²) in [6.07, 6.45) is 5.40. The zero-order valence-electron chi connectivity index (χ0n) is 12.3. The van der Waals surface area contributed by atoms with Crippen LogP contribution in [0, 0.1) is 0 Å². The number of aliphatic hydroxyl groups is 1. The Morgan fingerprint density at radius 2 is 2.24 bits per heavy atom. The third-order valence-electron chi connectivity index (χ3n) is 4.53. The molecule has 1 aromatic rings. The second kappa shape index (κ2) is 5.93. The summed E-state index contributed by atoms with van der Waals surface area (Å²) >= 11 is 0. The third kappa shape index (κ3) is 2.83. The van der Waals surface area contributed by atoms with Crippen LogP contribution in [0.1, 0.15) is 37.7 Å². The number of nitrogens with zero attached hydrogens (tertiary/aromatic N) is 1. The van der Waals surface area contributed by atoms with Gasteiger partial charge in [0.05, 0.1) is 11.4 Å². The second-order valence-electron chi connectivity index (χ2n) is 5.97. The van der Waals surface area contributed by atoms with Gasteiger partial charge in [-0.1, -0.05) is 0 Å². The quantitative estimate of drug-likeness (QED) is 0.740. The minimum atomic E-state index is 0.0801. The Balaban J connectivity index is 1.87. The van der Waals surface area contributed by atoms with Gasteiger partial charge in [0.15, 0.2) is 0 Å². The van der Waals surface area contributed by atoms with Crippen LogP contribution in [0.4, 0.5) is 17.1 Å². The van der Waals surface area contributed by atoms with Crippen molar-refractivity contribution < 1.29 is 9.90 Å². The van der Waals surface area contributed by atoms with E-state index in [9.17, 15) is 4.79 Å². The van der Waals surface area contributed by atoms with Crippen LogP contribution in [-0.2, 0) is 11.2 Å². The SMILES string of the molecule is Nc1cc2c(cc1N1CCCC1CCCO)NC(=O)CC2. The molecule has 4 N–H and O–H groups in total. The molecule has 0 aliphatic carbocycles. The van der Waals surface area contributed by atoms with Crippen molar-refractivity contribution in [2.45, 2.75) is 44.6 Å². The van der Waals surface area contributed by atoms with Gasteiger partial charge < -0.3 is 21.1 Å². The fraction of sp³-hybridized carbons (Fsp3) is 0.562. The van der Waals surface area contributed by atoms with Crippen LogP contribution in [0.15, 0.2) is 12.1 Å². The number of nitrogens with two attached hydrogens (primary N) is 1. The van der Waals surface area contributed by atoms with Crippen molar-refractivity contribution in [3.05, 3.63) is 17.7 Å². The Kier molecular flexibility index (Phi) is 4.01. The van der Waals surface area contributed by atoms with E-state index in [-0.39, 0.29) is 12.5 Å². The molecular formula is C16H23N3O2. The number of carbonyl (C=O) groups excluding carboxylic acids is 1. The van der Waals surface area contributed by atoms with Crippen LogP contribution in [0.3, 0.4) is 0 Å². The van der Waals surface area contributed by atoms with Crippen LogP contribution in [0.5, 0.6) is 0 Å². The number of rotatable bonds is 4. The lowest BCUT2D eigenvalue weighted by Crippen LogP contribution is -2.30. The largest absolute Gasteiger partial charge is 0.397 e. The zero-order valence-corrected chi connectivity index (χ0v) is 12.3. The number of hydrogen-bond donors (Lipinski definition) is 3. The molecule has 5 heteroatoms. The molecule has 0 spiro atoms. The molecule has 2 heterocycles. The number of benzene rings is 1. The molecule has 2 aliphatic rings. The highest BCUT2D eigenvalue weighted by molar-refractivity contribution is 5.95. The lowest BCUT2D eigenvalue weighted by molar-refractivity contribution is -0.116. The number of hydrogen-bond acceptors (Lipinski definition) is 4. The minimum Gasteiger partial charge on any atom is -0.397 e. The number of aryl methyl sites for hydroxylation is 1. The van der Waals surface area contributed by atoms with Gasteiger partial charge in [0.2, 0.25) is 5.91 Å². The molecule has 2 aliphatic heterocycles. The van der Waals surface area contributed by atoms with Crippen LogP contribution >= 0.6 is 0 Å². The standard InChI is InChI=1S/C16H23N3O2/c17-13-9-11-5-6-16(21)18-14(11)10-15(13)19-7-1-3-12(19)4-2-8-20/h9-10,12,20H,1-8,17H2,(H,18,21). The summed E-state index contributed by atoms with van der Waals surface area (Å²) in [7, 11) is 0. The van der Waals surface area contributed by atoms with Gasteiger partial charge in [-0.25, -0.2) is 0 Å². The lowest BCUT2D eigenvalue weighted by atomic mass is 10.0. The Bertz CT molecular complexity index is 545. The van der Waals surface area contributed by atoms with E-state index in [1.54, 1.807) is 0 Å². The van der Waals surface area contributed by atoms with Crippen molar-refractivity contribution in [2.75, 3.05) is 29.1 Å². The topological polar surface area (TPSA) is 78.6 Å². The van der Waals surface area contributed by atoms with Crippen molar-refractivity contribution in [3.63, 3.8) is 0 Å². The summed E-state index contributed by atoms with van der Waals surface area (Å²) < 4.78 is 0. The molecule has 1 saturated heterocycles. The summed E-state index contributed by atoms with van der Waals surface area (Å²) in [5.74, 6) is 0.0801. The van der Waals surface area contributed by atoms with Gasteiger partial charge >= 0.3 is 0 Å². The molecule has 21 heavy (non-hydrogen) atoms. The molecule has 1 amide bonds. The average Bonchev–Trinajstić information content (AvgIpc) is 2.93. The van der Waals surface area contributed by atoms with E-state index in [1.807, 2.05) is 12.1 Å². The maximum Gasteiger partial charge on any atom is 0.224 e. The average molecular weight is 289 g/mol. The number of amides is 1. The van der Waals surface area contributed by atoms with E-state index in [0.29, 0.717) is 12.5 Å². The fourth-order valence-corrected chi connectivity index (χ4v) is 3.46. The maximum absolute atomic E-state index is 11.6. The van der Waals surface area contributed by atoms with E-state index < -0.39 is 0 Å². The van der Waals surface area contributed by atoms with Gasteiger partial charge in [-0.05, 0) is 49.8 Å². The molecule has 1 aromatic carbocycles. The summed E-state index contributed by atoms with van der Waals surface area (Å²) in [5, 5.41) is 12.0. The van der Waals surface area contributed by atoms with Crippen molar-refractivity contribution >= 4 is 23.0 Å². The van der Waals surface area contributed by atoms with E-state index in [2.05, 4.69) is 10.2 Å². The Morgan fingerprint density at radius 3 is 3.05 bits per heavy atom. The first kappa shape index (κ1) is 14.2. The molecule has 0 bridgehead atoms. The summed E-state index contributed by atoms with van der Waals surface area (Å²) in [6.45, 7) is 1.23. The molecule has 1 fully saturated rings. The predicted octanol–water partition coefficient (Wildman–Crippen LogP) is 1.89. The first-order valence-electron chi connectivity index (χ1n) is 7.79. The predicted molar refractivity (Wildman–Crippen MR) is 84.5 cm³/mol. The van der Waals surface area contributed by atoms with Crippen molar-refractivity contribution in [2.24, 2.45) is 0 Å². The van der Waals surface area contributed by atoms with Gasteiger partial charge in [-0.15, -0.1) is 0 Å². The van der Waals surface area contributed by atoms with Crippen LogP contribution in [-0.4, -0.2) is 30.2 Å². The number of carbonyl (C=O) groups is 1. The molecule has 3 rings (SSSR count). The zero-order chi connectivity index (χ0) is 14.8. The van der Waals surface area contributed by atoms with E-state index >= 15 is 0 Å². The monoisotopic (exact) mass is 289 g/mol. The molecule has 0 aromatic heterocycles. The highest BCUT2D eigenvalue weighted by Crippen LogP contribution is 2.37. The lowest BCUT2D eigenvalue weighted by Gasteiger charge is -2.30. The maximum atomic E-state index is 11.6. The van der Waals surface area contributed by atoms with E-state index in [1.165, 1.54) is 0 Å². The smallest absolute Gasteiger partial charge is 0.224 e. The Morgan fingerprint density at radius 1 is 1.38 bits per heavy atom. The molecule has 1 atom stereocenters. The number of anilines is 3. The first-order valence-corrected chi connectivity index (χ1v) is 7.79. The second-order valence-corrected chi connectivity index (χ2v) is 5.97. The van der Waals surface area contributed by atoms with Gasteiger partial charge in [-0.2, -0.15) is 0 Å². The molecule has 114 valence electrons. The molecule has 5 nitrogen and oxygen atoms in total. The number of nitrogen functional groups attached to an aromatic ring is 1. The molecule has 1 unspecified atom stereocenters. The van der Waals surface area contributed by atoms with Gasteiger partial charge in [-0.3, -0.25) is 4.79 Å². The van der Waals surface area contributed by atoms with Crippen molar-refractivity contribution in [3.8, 4) is 0 Å². The van der Waals surface area contributed by atoms with Crippen LogP contribution in [0.2, 0.25) is 0 Å². The minimum absolute atomic E-state index is 0.0801. The van der Waals surface area contributed by atoms with Gasteiger partial charge in [0.1, 0.15) is 0 Å². The van der Waals surface area contributed by atoms with Crippen LogP contribution < -0.4 is 16.0 Å². The first-order chi connectivity index (χ1) is 10.2. The van der Waals surface area contributed by atoms with Crippen molar-refractivity contribution in [1.29, 1.82) is 0 Å². The molecule has 0 saturated carbocycles. The van der Waals surface area contributed by atoms with E-state index in [4.69, 9.17) is 10.8 Å². The number of aliphatic hydroxyl groups excluding tert-OH is 1. The summed E-state index contributed by atoms with van der Waals surface area (Å²) in [5.41, 5.74) is 10.1. The molecular weight excluding hydrogens is 266 g/mol. The summed E-state index contributed by atoms with van der Waals surface area (Å²) in [6, 6.07) is 4.47. The Labute approximate surface area is 125 Å². The normalized spacial score (nSPS) is 21.3. The van der Waals surface area contributed by atoms with Gasteiger partial charge in [0.25, 0.3) is 0 Å². The third-order valence-corrected chi connectivity index (χ3v) is 4.53. The highest BCUT2D eigenvalue weighted by atomic mass is 16.2.